The highest BCUT2D eigenvalue weighted by Gasteiger charge is 2.06. The predicted molar refractivity (Wildman–Crippen MR) is 69.8 cm³/mol. The van der Waals surface area contributed by atoms with Crippen LogP contribution in [0, 0.1) is 5.92 Å². The highest BCUT2D eigenvalue weighted by Crippen LogP contribution is 2.07. The molecule has 1 rings (SSSR count). The zero-order valence-electron chi connectivity index (χ0n) is 11.2. The molecule has 0 saturated heterocycles. The van der Waals surface area contributed by atoms with Crippen LogP contribution in [0.1, 0.15) is 45.2 Å². The van der Waals surface area contributed by atoms with E-state index in [2.05, 4.69) is 37.4 Å². The third kappa shape index (κ3) is 4.88. The third-order valence-corrected chi connectivity index (χ3v) is 3.06. The van der Waals surface area contributed by atoms with Crippen molar-refractivity contribution in [3.05, 3.63) is 18.0 Å². The van der Waals surface area contributed by atoms with Gasteiger partial charge >= 0.3 is 0 Å². The van der Waals surface area contributed by atoms with Crippen molar-refractivity contribution in [2.45, 2.75) is 46.2 Å². The second-order valence-electron chi connectivity index (χ2n) is 4.84. The molecule has 4 nitrogen and oxygen atoms in total. The summed E-state index contributed by atoms with van der Waals surface area (Å²) in [6.45, 7) is 8.51. The molecule has 0 aliphatic heterocycles. The number of nitrogens with zero attached hydrogens (tertiary/aromatic N) is 2. The Balaban J connectivity index is 2.29. The van der Waals surface area contributed by atoms with E-state index in [-0.39, 0.29) is 6.61 Å². The minimum atomic E-state index is 0.283. The quantitative estimate of drug-likeness (QED) is 0.729. The molecule has 0 saturated carbocycles. The lowest BCUT2D eigenvalue weighted by Crippen LogP contribution is -2.22. The van der Waals surface area contributed by atoms with Crippen molar-refractivity contribution in [2.75, 3.05) is 13.2 Å². The van der Waals surface area contributed by atoms with Crippen LogP contribution < -0.4 is 5.32 Å². The van der Waals surface area contributed by atoms with E-state index in [4.69, 9.17) is 5.11 Å². The fraction of sp³-hybridized carbons (Fsp3) is 0.769. The molecule has 0 bridgehead atoms. The molecule has 1 heterocycles. The number of rotatable bonds is 8. The van der Waals surface area contributed by atoms with Crippen LogP contribution in [0.25, 0.3) is 0 Å². The van der Waals surface area contributed by atoms with Crippen LogP contribution in [-0.2, 0) is 6.54 Å². The molecule has 17 heavy (non-hydrogen) atoms. The molecule has 4 heteroatoms. The molecule has 0 aliphatic carbocycles. The number of hydrogen-bond acceptors (Lipinski definition) is 3. The summed E-state index contributed by atoms with van der Waals surface area (Å²) < 4.78 is 1.97. The van der Waals surface area contributed by atoms with Crippen molar-refractivity contribution in [2.24, 2.45) is 5.92 Å². The lowest BCUT2D eigenvalue weighted by Gasteiger charge is -2.13. The SMILES string of the molecule is CCC(CCO)CNCc1cnn(C(C)C)c1. The highest BCUT2D eigenvalue weighted by molar-refractivity contribution is 5.03. The summed E-state index contributed by atoms with van der Waals surface area (Å²) in [5.41, 5.74) is 1.22. The van der Waals surface area contributed by atoms with Gasteiger partial charge in [-0.15, -0.1) is 0 Å². The first-order valence-electron chi connectivity index (χ1n) is 6.52. The molecule has 0 spiro atoms. The molecule has 98 valence electrons. The van der Waals surface area contributed by atoms with Crippen molar-refractivity contribution in [1.29, 1.82) is 0 Å². The van der Waals surface area contributed by atoms with E-state index in [1.165, 1.54) is 5.56 Å². The van der Waals surface area contributed by atoms with Crippen molar-refractivity contribution >= 4 is 0 Å². The Bertz CT molecular complexity index is 309. The molecule has 0 aliphatic rings. The maximum Gasteiger partial charge on any atom is 0.0534 e. The second-order valence-corrected chi connectivity index (χ2v) is 4.84. The molecule has 1 atom stereocenters. The molecule has 1 aromatic heterocycles. The first kappa shape index (κ1) is 14.2. The smallest absolute Gasteiger partial charge is 0.0534 e. The summed E-state index contributed by atoms with van der Waals surface area (Å²) >= 11 is 0. The van der Waals surface area contributed by atoms with Gasteiger partial charge in [0, 0.05) is 31.0 Å². The lowest BCUT2D eigenvalue weighted by molar-refractivity contribution is 0.251. The average molecular weight is 239 g/mol. The maximum absolute atomic E-state index is 8.91. The normalized spacial score (nSPS) is 13.2. The monoisotopic (exact) mass is 239 g/mol. The first-order valence-corrected chi connectivity index (χ1v) is 6.52. The van der Waals surface area contributed by atoms with Gasteiger partial charge in [-0.1, -0.05) is 13.3 Å². The van der Waals surface area contributed by atoms with Gasteiger partial charge in [0.2, 0.25) is 0 Å². The van der Waals surface area contributed by atoms with Crippen molar-refractivity contribution in [3.8, 4) is 0 Å². The van der Waals surface area contributed by atoms with Crippen LogP contribution in [0.15, 0.2) is 12.4 Å². The van der Waals surface area contributed by atoms with Crippen LogP contribution >= 0.6 is 0 Å². The molecule has 1 aromatic rings. The van der Waals surface area contributed by atoms with Crippen molar-refractivity contribution < 1.29 is 5.11 Å². The van der Waals surface area contributed by atoms with Crippen LogP contribution in [0.3, 0.4) is 0 Å². The fourth-order valence-electron chi connectivity index (χ4n) is 1.80. The summed E-state index contributed by atoms with van der Waals surface area (Å²) in [6.07, 6.45) is 6.00. The zero-order valence-corrected chi connectivity index (χ0v) is 11.2. The van der Waals surface area contributed by atoms with Gasteiger partial charge in [0.05, 0.1) is 6.20 Å². The Morgan fingerprint density at radius 1 is 1.47 bits per heavy atom. The second kappa shape index (κ2) is 7.45. The summed E-state index contributed by atoms with van der Waals surface area (Å²) in [4.78, 5) is 0. The van der Waals surface area contributed by atoms with Gasteiger partial charge in [0.15, 0.2) is 0 Å². The molecule has 0 fully saturated rings. The minimum Gasteiger partial charge on any atom is -0.396 e. The van der Waals surface area contributed by atoms with Gasteiger partial charge in [-0.2, -0.15) is 5.10 Å². The minimum absolute atomic E-state index is 0.283. The molecule has 0 aromatic carbocycles. The number of hydrogen-bond donors (Lipinski definition) is 2. The predicted octanol–water partition coefficient (Wildman–Crippen LogP) is 1.96. The maximum atomic E-state index is 8.91. The van der Waals surface area contributed by atoms with Gasteiger partial charge in [0.1, 0.15) is 0 Å². The Kier molecular flexibility index (Phi) is 6.22. The molecule has 2 N–H and O–H groups in total. The van der Waals surface area contributed by atoms with Crippen molar-refractivity contribution in [3.63, 3.8) is 0 Å². The average Bonchev–Trinajstić information content (AvgIpc) is 2.77. The zero-order chi connectivity index (χ0) is 12.7. The lowest BCUT2D eigenvalue weighted by atomic mass is 10.0. The molecular formula is C13H25N3O. The Morgan fingerprint density at radius 2 is 2.24 bits per heavy atom. The van der Waals surface area contributed by atoms with Gasteiger partial charge in [0.25, 0.3) is 0 Å². The molecule has 0 radical (unpaired) electrons. The van der Waals surface area contributed by atoms with E-state index in [1.807, 2.05) is 10.9 Å². The molecular weight excluding hydrogens is 214 g/mol. The first-order chi connectivity index (χ1) is 8.17. The standard InChI is InChI=1S/C13H25N3O/c1-4-12(5-6-17)7-14-8-13-9-15-16(10-13)11(2)3/h9-12,14,17H,4-8H2,1-3H3. The van der Waals surface area contributed by atoms with Crippen LogP contribution in [0.4, 0.5) is 0 Å². The number of aromatic nitrogens is 2. The largest absolute Gasteiger partial charge is 0.396 e. The fourth-order valence-corrected chi connectivity index (χ4v) is 1.80. The third-order valence-electron chi connectivity index (χ3n) is 3.06. The topological polar surface area (TPSA) is 50.1 Å². The molecule has 1 unspecified atom stereocenters. The van der Waals surface area contributed by atoms with Gasteiger partial charge in [-0.25, -0.2) is 0 Å². The van der Waals surface area contributed by atoms with Crippen LogP contribution in [0.5, 0.6) is 0 Å². The summed E-state index contributed by atoms with van der Waals surface area (Å²) in [6, 6.07) is 0.418. The number of nitrogens with one attached hydrogen (secondary N) is 1. The molecule has 0 amide bonds. The Hall–Kier alpha value is -0.870. The number of aliphatic hydroxyl groups excluding tert-OH is 1. The van der Waals surface area contributed by atoms with Crippen molar-refractivity contribution in [1.82, 2.24) is 15.1 Å². The summed E-state index contributed by atoms with van der Waals surface area (Å²) in [7, 11) is 0. The van der Waals surface area contributed by atoms with E-state index in [9.17, 15) is 0 Å². The van der Waals surface area contributed by atoms with Gasteiger partial charge < -0.3 is 10.4 Å². The van der Waals surface area contributed by atoms with E-state index < -0.39 is 0 Å². The van der Waals surface area contributed by atoms with Gasteiger partial charge in [-0.05, 0) is 32.7 Å². The van der Waals surface area contributed by atoms with Crippen LogP contribution in [0.2, 0.25) is 0 Å². The van der Waals surface area contributed by atoms with E-state index in [0.29, 0.717) is 12.0 Å². The highest BCUT2D eigenvalue weighted by atomic mass is 16.3. The number of aliphatic hydroxyl groups is 1. The van der Waals surface area contributed by atoms with Gasteiger partial charge in [-0.3, -0.25) is 4.68 Å². The van der Waals surface area contributed by atoms with Crippen LogP contribution in [-0.4, -0.2) is 28.0 Å². The van der Waals surface area contributed by atoms with E-state index >= 15 is 0 Å². The summed E-state index contributed by atoms with van der Waals surface area (Å²) in [5, 5.41) is 16.6. The van der Waals surface area contributed by atoms with E-state index in [0.717, 1.165) is 25.9 Å². The Labute approximate surface area is 104 Å². The summed E-state index contributed by atoms with van der Waals surface area (Å²) in [5.74, 6) is 0.570. The Morgan fingerprint density at radius 3 is 2.76 bits per heavy atom. The van der Waals surface area contributed by atoms with E-state index in [1.54, 1.807) is 0 Å².